The highest BCUT2D eigenvalue weighted by atomic mass is 31.2. The summed E-state index contributed by atoms with van der Waals surface area (Å²) in [6, 6.07) is 0. The van der Waals surface area contributed by atoms with Crippen molar-refractivity contribution in [2.45, 2.75) is 18.1 Å². The summed E-state index contributed by atoms with van der Waals surface area (Å²) in [5.41, 5.74) is 0. The zero-order valence-electron chi connectivity index (χ0n) is 7.73. The maximum atomic E-state index is 12.7. The Bertz CT molecular complexity index is 305. The topological polar surface area (TPSA) is 95.9 Å². The molecule has 0 aliphatic rings. The molecule has 1 amide bonds. The number of carbonyl (C=O) groups is 1. The van der Waals surface area contributed by atoms with E-state index in [1.54, 1.807) is 0 Å². The monoisotopic (exact) mass is 269 g/mol. The van der Waals surface area contributed by atoms with Crippen LogP contribution in [-0.2, 0) is 9.30 Å². The molecule has 6 nitrogen and oxygen atoms in total. The summed E-state index contributed by atoms with van der Waals surface area (Å²) in [4.78, 5) is 27.4. The Labute approximate surface area is 86.7 Å². The van der Waals surface area contributed by atoms with Gasteiger partial charge in [-0.15, -0.1) is 0 Å². The van der Waals surface area contributed by atoms with Crippen LogP contribution in [0.25, 0.3) is 0 Å². The van der Waals surface area contributed by atoms with Gasteiger partial charge in [-0.2, -0.15) is 8.78 Å². The molecule has 0 aromatic rings. The number of hydrogen-bond acceptors (Lipinski definition) is 3. The van der Waals surface area contributed by atoms with Crippen LogP contribution in [0.15, 0.2) is 0 Å². The molecule has 0 aromatic heterocycles. The van der Waals surface area contributed by atoms with Crippen molar-refractivity contribution in [1.82, 2.24) is 5.32 Å². The molecule has 16 heavy (non-hydrogen) atoms. The quantitative estimate of drug-likeness (QED) is 0.517. The molecule has 1 unspecified atom stereocenters. The van der Waals surface area contributed by atoms with Gasteiger partial charge in [0.15, 0.2) is 0 Å². The lowest BCUT2D eigenvalue weighted by Crippen LogP contribution is -2.51. The first kappa shape index (κ1) is 15.1. The SMILES string of the molecule is COC(=O)NC(C(F)(F)C(F)F)P(=O)(O)O. The zero-order chi connectivity index (χ0) is 13.1. The second-order valence-corrected chi connectivity index (χ2v) is 4.30. The molecule has 0 heterocycles. The van der Waals surface area contributed by atoms with Crippen molar-refractivity contribution in [3.63, 3.8) is 0 Å². The average Bonchev–Trinajstić information content (AvgIpc) is 2.11. The van der Waals surface area contributed by atoms with Crippen molar-refractivity contribution in [3.05, 3.63) is 0 Å². The number of nitrogens with one attached hydrogen (secondary N) is 1. The highest BCUT2D eigenvalue weighted by Gasteiger charge is 2.57. The van der Waals surface area contributed by atoms with Crippen molar-refractivity contribution in [3.8, 4) is 0 Å². The van der Waals surface area contributed by atoms with Crippen LogP contribution in [0, 0.1) is 0 Å². The molecule has 0 fully saturated rings. The second-order valence-electron chi connectivity index (χ2n) is 2.60. The molecular weight excluding hydrogens is 261 g/mol. The van der Waals surface area contributed by atoms with Gasteiger partial charge in [-0.3, -0.25) is 4.57 Å². The first-order valence-corrected chi connectivity index (χ1v) is 5.27. The molecule has 0 aliphatic carbocycles. The maximum Gasteiger partial charge on any atom is 0.407 e. The van der Waals surface area contributed by atoms with Crippen molar-refractivity contribution >= 4 is 13.7 Å². The average molecular weight is 269 g/mol. The Morgan fingerprint density at radius 2 is 1.88 bits per heavy atom. The summed E-state index contributed by atoms with van der Waals surface area (Å²) in [7, 11) is -4.95. The lowest BCUT2D eigenvalue weighted by molar-refractivity contribution is -0.136. The molecular formula is C5H8F4NO5P. The molecule has 3 N–H and O–H groups in total. The lowest BCUT2D eigenvalue weighted by Gasteiger charge is -2.26. The Morgan fingerprint density at radius 1 is 1.44 bits per heavy atom. The first-order valence-electron chi connectivity index (χ1n) is 3.59. The molecule has 96 valence electrons. The number of halogens is 4. The standard InChI is InChI=1S/C5H8F4NO5P/c1-15-4(11)10-3(16(12,13)14)5(8,9)2(6)7/h2-3H,1H3,(H,10,11)(H2,12,13,14). The number of alkyl carbamates (subject to hydrolysis) is 1. The van der Waals surface area contributed by atoms with Gasteiger partial charge in [0.1, 0.15) is 0 Å². The molecule has 0 aliphatic heterocycles. The van der Waals surface area contributed by atoms with Crippen molar-refractivity contribution < 1.29 is 41.4 Å². The molecule has 1 atom stereocenters. The minimum absolute atomic E-state index is 0.715. The molecule has 0 spiro atoms. The molecule has 0 saturated heterocycles. The van der Waals surface area contributed by atoms with E-state index in [-0.39, 0.29) is 0 Å². The fourth-order valence-corrected chi connectivity index (χ4v) is 1.53. The minimum Gasteiger partial charge on any atom is -0.453 e. The van der Waals surface area contributed by atoms with Crippen LogP contribution in [0.4, 0.5) is 22.4 Å². The Hall–Kier alpha value is -0.860. The van der Waals surface area contributed by atoms with Gasteiger partial charge in [-0.1, -0.05) is 0 Å². The van der Waals surface area contributed by atoms with Crippen LogP contribution in [0.2, 0.25) is 0 Å². The van der Waals surface area contributed by atoms with Gasteiger partial charge in [0.05, 0.1) is 7.11 Å². The van der Waals surface area contributed by atoms with Crippen LogP contribution < -0.4 is 5.32 Å². The number of amides is 1. The van der Waals surface area contributed by atoms with Gasteiger partial charge in [-0.05, 0) is 0 Å². The largest absolute Gasteiger partial charge is 0.453 e. The van der Waals surface area contributed by atoms with Gasteiger partial charge < -0.3 is 19.8 Å². The zero-order valence-corrected chi connectivity index (χ0v) is 8.63. The van der Waals surface area contributed by atoms with E-state index in [0.717, 1.165) is 5.32 Å². The number of rotatable bonds is 4. The van der Waals surface area contributed by atoms with Gasteiger partial charge in [0.2, 0.25) is 5.78 Å². The fourth-order valence-electron chi connectivity index (χ4n) is 0.694. The van der Waals surface area contributed by atoms with E-state index in [2.05, 4.69) is 4.74 Å². The first-order chi connectivity index (χ1) is 7.03. The van der Waals surface area contributed by atoms with E-state index in [9.17, 15) is 26.9 Å². The van der Waals surface area contributed by atoms with Crippen LogP contribution in [0.3, 0.4) is 0 Å². The van der Waals surface area contributed by atoms with Crippen LogP contribution in [0.1, 0.15) is 0 Å². The number of carbonyl (C=O) groups excluding carboxylic acids is 1. The third kappa shape index (κ3) is 3.62. The summed E-state index contributed by atoms with van der Waals surface area (Å²) in [6.07, 6.45) is -6.00. The van der Waals surface area contributed by atoms with Crippen molar-refractivity contribution in [2.75, 3.05) is 7.11 Å². The summed E-state index contributed by atoms with van der Waals surface area (Å²) >= 11 is 0. The van der Waals surface area contributed by atoms with Gasteiger partial charge in [-0.25, -0.2) is 13.6 Å². The molecule has 0 saturated carbocycles. The highest BCUT2D eigenvalue weighted by molar-refractivity contribution is 7.52. The fraction of sp³-hybridized carbons (Fsp3) is 0.800. The summed E-state index contributed by atoms with van der Waals surface area (Å²) in [5, 5.41) is 0.974. The second kappa shape index (κ2) is 4.98. The van der Waals surface area contributed by atoms with Gasteiger partial charge in [0, 0.05) is 0 Å². The predicted molar refractivity (Wildman–Crippen MR) is 42.3 cm³/mol. The smallest absolute Gasteiger partial charge is 0.407 e. The molecule has 0 rings (SSSR count). The molecule has 0 aromatic carbocycles. The predicted octanol–water partition coefficient (Wildman–Crippen LogP) is 0.747. The third-order valence-corrected chi connectivity index (χ3v) is 2.58. The lowest BCUT2D eigenvalue weighted by atomic mass is 10.3. The molecule has 0 radical (unpaired) electrons. The van der Waals surface area contributed by atoms with E-state index >= 15 is 0 Å². The van der Waals surface area contributed by atoms with Crippen molar-refractivity contribution in [2.24, 2.45) is 0 Å². The molecule has 0 bridgehead atoms. The minimum atomic E-state index is -5.66. The summed E-state index contributed by atoms with van der Waals surface area (Å²) in [6.45, 7) is 0. The van der Waals surface area contributed by atoms with E-state index in [1.165, 1.54) is 0 Å². The Kier molecular flexibility index (Phi) is 4.71. The maximum absolute atomic E-state index is 12.7. The van der Waals surface area contributed by atoms with E-state index < -0.39 is 31.8 Å². The van der Waals surface area contributed by atoms with Crippen molar-refractivity contribution in [1.29, 1.82) is 0 Å². The third-order valence-electron chi connectivity index (χ3n) is 1.43. The van der Waals surface area contributed by atoms with Crippen LogP contribution in [-0.4, -0.2) is 41.1 Å². The Morgan fingerprint density at radius 3 is 2.12 bits per heavy atom. The number of methoxy groups -OCH3 is 1. The Balaban J connectivity index is 5.11. The number of ether oxygens (including phenoxy) is 1. The van der Waals surface area contributed by atoms with E-state index in [1.807, 2.05) is 0 Å². The van der Waals surface area contributed by atoms with Crippen LogP contribution >= 0.6 is 7.60 Å². The van der Waals surface area contributed by atoms with Crippen LogP contribution in [0.5, 0.6) is 0 Å². The summed E-state index contributed by atoms with van der Waals surface area (Å²) in [5.74, 6) is -8.42. The molecule has 11 heteroatoms. The number of hydrogen-bond donors (Lipinski definition) is 3. The van der Waals surface area contributed by atoms with Gasteiger partial charge in [0.25, 0.3) is 0 Å². The normalized spacial score (nSPS) is 14.8. The number of alkyl halides is 4. The van der Waals surface area contributed by atoms with E-state index in [4.69, 9.17) is 9.79 Å². The van der Waals surface area contributed by atoms with E-state index in [0.29, 0.717) is 7.11 Å². The van der Waals surface area contributed by atoms with Gasteiger partial charge >= 0.3 is 26.0 Å². The summed E-state index contributed by atoms with van der Waals surface area (Å²) < 4.78 is 63.4. The highest BCUT2D eigenvalue weighted by Crippen LogP contribution is 2.48.